The van der Waals surface area contributed by atoms with Crippen molar-refractivity contribution in [3.8, 4) is 0 Å². The van der Waals surface area contributed by atoms with Gasteiger partial charge in [-0.05, 0) is 31.0 Å². The zero-order valence-electron chi connectivity index (χ0n) is 11.6. The number of furan rings is 1. The molecule has 0 aliphatic carbocycles. The molecule has 0 radical (unpaired) electrons. The molecule has 18 heavy (non-hydrogen) atoms. The van der Waals surface area contributed by atoms with Gasteiger partial charge in [-0.2, -0.15) is 0 Å². The van der Waals surface area contributed by atoms with Gasteiger partial charge >= 0.3 is 0 Å². The van der Waals surface area contributed by atoms with Gasteiger partial charge in [0.1, 0.15) is 5.76 Å². The number of carbonyl (C=O) groups is 1. The van der Waals surface area contributed by atoms with E-state index in [1.165, 1.54) is 0 Å². The van der Waals surface area contributed by atoms with Crippen LogP contribution in [-0.2, 0) is 6.42 Å². The van der Waals surface area contributed by atoms with Crippen LogP contribution in [0.1, 0.15) is 43.5 Å². The molecule has 102 valence electrons. The van der Waals surface area contributed by atoms with E-state index in [1.54, 1.807) is 6.07 Å². The molecule has 0 aliphatic rings. The van der Waals surface area contributed by atoms with Crippen molar-refractivity contribution in [1.82, 2.24) is 4.90 Å². The van der Waals surface area contributed by atoms with E-state index in [0.29, 0.717) is 24.8 Å². The van der Waals surface area contributed by atoms with Crippen LogP contribution in [0.3, 0.4) is 0 Å². The topological polar surface area (TPSA) is 59.5 Å². The minimum atomic E-state index is -0.0307. The predicted octanol–water partition coefficient (Wildman–Crippen LogP) is 2.29. The third kappa shape index (κ3) is 4.18. The SMILES string of the molecule is CCc1ccc(C(=O)N(CCCN)CC(C)C)o1. The van der Waals surface area contributed by atoms with Gasteiger partial charge < -0.3 is 15.1 Å². The molecule has 0 unspecified atom stereocenters. The van der Waals surface area contributed by atoms with Gasteiger partial charge in [-0.15, -0.1) is 0 Å². The van der Waals surface area contributed by atoms with Gasteiger partial charge in [-0.1, -0.05) is 20.8 Å². The molecule has 4 heteroatoms. The molecule has 0 saturated heterocycles. The first-order valence-electron chi connectivity index (χ1n) is 6.66. The summed E-state index contributed by atoms with van der Waals surface area (Å²) in [6.07, 6.45) is 1.63. The number of aryl methyl sites for hydroxylation is 1. The molecule has 1 rings (SSSR count). The second-order valence-electron chi connectivity index (χ2n) is 4.91. The van der Waals surface area contributed by atoms with E-state index in [0.717, 1.165) is 25.1 Å². The first-order chi connectivity index (χ1) is 8.58. The largest absolute Gasteiger partial charge is 0.456 e. The van der Waals surface area contributed by atoms with Crippen LogP contribution in [0, 0.1) is 5.92 Å². The highest BCUT2D eigenvalue weighted by molar-refractivity contribution is 5.91. The first kappa shape index (κ1) is 14.8. The van der Waals surface area contributed by atoms with E-state index in [2.05, 4.69) is 13.8 Å². The smallest absolute Gasteiger partial charge is 0.289 e. The van der Waals surface area contributed by atoms with Gasteiger partial charge in [0.05, 0.1) is 0 Å². The molecular weight excluding hydrogens is 228 g/mol. The highest BCUT2D eigenvalue weighted by Crippen LogP contribution is 2.13. The van der Waals surface area contributed by atoms with Crippen molar-refractivity contribution >= 4 is 5.91 Å². The molecule has 0 bridgehead atoms. The zero-order valence-corrected chi connectivity index (χ0v) is 11.6. The lowest BCUT2D eigenvalue weighted by Crippen LogP contribution is -2.35. The van der Waals surface area contributed by atoms with Crippen molar-refractivity contribution in [2.75, 3.05) is 19.6 Å². The molecule has 4 nitrogen and oxygen atoms in total. The zero-order chi connectivity index (χ0) is 13.5. The molecule has 0 fully saturated rings. The quantitative estimate of drug-likeness (QED) is 0.810. The summed E-state index contributed by atoms with van der Waals surface area (Å²) in [6.45, 7) is 8.23. The number of hydrogen-bond donors (Lipinski definition) is 1. The highest BCUT2D eigenvalue weighted by Gasteiger charge is 2.19. The van der Waals surface area contributed by atoms with Gasteiger partial charge in [-0.25, -0.2) is 0 Å². The molecule has 1 aromatic heterocycles. The number of hydrogen-bond acceptors (Lipinski definition) is 3. The molecule has 1 heterocycles. The van der Waals surface area contributed by atoms with Crippen LogP contribution in [0.25, 0.3) is 0 Å². The monoisotopic (exact) mass is 252 g/mol. The van der Waals surface area contributed by atoms with Gasteiger partial charge in [0.25, 0.3) is 5.91 Å². The van der Waals surface area contributed by atoms with Crippen LogP contribution >= 0.6 is 0 Å². The Balaban J connectivity index is 2.73. The lowest BCUT2D eigenvalue weighted by atomic mass is 10.2. The Morgan fingerprint density at radius 2 is 2.17 bits per heavy atom. The van der Waals surface area contributed by atoms with Crippen LogP contribution < -0.4 is 5.73 Å². The number of rotatable bonds is 7. The second kappa shape index (κ2) is 7.21. The average molecular weight is 252 g/mol. The summed E-state index contributed by atoms with van der Waals surface area (Å²) < 4.78 is 5.51. The Morgan fingerprint density at radius 3 is 2.67 bits per heavy atom. The minimum absolute atomic E-state index is 0.0307. The van der Waals surface area contributed by atoms with Gasteiger partial charge in [-0.3, -0.25) is 4.79 Å². The fourth-order valence-electron chi connectivity index (χ4n) is 1.84. The van der Waals surface area contributed by atoms with E-state index in [-0.39, 0.29) is 5.91 Å². The average Bonchev–Trinajstić information content (AvgIpc) is 2.81. The Labute approximate surface area is 109 Å². The second-order valence-corrected chi connectivity index (χ2v) is 4.91. The number of amides is 1. The van der Waals surface area contributed by atoms with Crippen molar-refractivity contribution in [2.24, 2.45) is 11.7 Å². The van der Waals surface area contributed by atoms with Crippen molar-refractivity contribution in [2.45, 2.75) is 33.6 Å². The van der Waals surface area contributed by atoms with Crippen molar-refractivity contribution < 1.29 is 9.21 Å². The van der Waals surface area contributed by atoms with E-state index >= 15 is 0 Å². The third-order valence-corrected chi connectivity index (χ3v) is 2.73. The maximum absolute atomic E-state index is 12.3. The molecule has 0 aliphatic heterocycles. The molecule has 1 amide bonds. The summed E-state index contributed by atoms with van der Waals surface area (Å²) in [5, 5.41) is 0. The summed E-state index contributed by atoms with van der Waals surface area (Å²) in [4.78, 5) is 14.1. The Kier molecular flexibility index (Phi) is 5.92. The lowest BCUT2D eigenvalue weighted by molar-refractivity contribution is 0.0701. The van der Waals surface area contributed by atoms with Crippen molar-refractivity contribution in [3.63, 3.8) is 0 Å². The summed E-state index contributed by atoms with van der Waals surface area (Å²) in [5.74, 6) is 1.69. The predicted molar refractivity (Wildman–Crippen MR) is 72.5 cm³/mol. The summed E-state index contributed by atoms with van der Waals surface area (Å²) in [6, 6.07) is 3.63. The van der Waals surface area contributed by atoms with Crippen LogP contribution in [0.5, 0.6) is 0 Å². The standard InChI is InChI=1S/C14H24N2O2/c1-4-12-6-7-13(18-12)14(17)16(9-5-8-15)10-11(2)3/h6-7,11H,4-5,8-10,15H2,1-3H3. The Bertz CT molecular complexity index is 372. The van der Waals surface area contributed by atoms with E-state index in [1.807, 2.05) is 17.9 Å². The van der Waals surface area contributed by atoms with E-state index in [4.69, 9.17) is 10.2 Å². The van der Waals surface area contributed by atoms with Crippen LogP contribution in [0.15, 0.2) is 16.5 Å². The Hall–Kier alpha value is -1.29. The van der Waals surface area contributed by atoms with Crippen molar-refractivity contribution in [3.05, 3.63) is 23.7 Å². The number of carbonyl (C=O) groups excluding carboxylic acids is 1. The molecule has 1 aromatic rings. The summed E-state index contributed by atoms with van der Waals surface area (Å²) >= 11 is 0. The van der Waals surface area contributed by atoms with Gasteiger partial charge in [0.15, 0.2) is 5.76 Å². The molecule has 2 N–H and O–H groups in total. The Morgan fingerprint density at radius 1 is 1.44 bits per heavy atom. The summed E-state index contributed by atoms with van der Waals surface area (Å²) in [5.41, 5.74) is 5.51. The fraction of sp³-hybridized carbons (Fsp3) is 0.643. The van der Waals surface area contributed by atoms with Crippen molar-refractivity contribution in [1.29, 1.82) is 0 Å². The molecule has 0 aromatic carbocycles. The molecule has 0 saturated carbocycles. The van der Waals surface area contributed by atoms with Crippen LogP contribution in [-0.4, -0.2) is 30.4 Å². The van der Waals surface area contributed by atoms with Gasteiger partial charge in [0, 0.05) is 19.5 Å². The normalized spacial score (nSPS) is 10.9. The fourth-order valence-corrected chi connectivity index (χ4v) is 1.84. The first-order valence-corrected chi connectivity index (χ1v) is 6.66. The van der Waals surface area contributed by atoms with Gasteiger partial charge in [0.2, 0.25) is 0 Å². The van der Waals surface area contributed by atoms with E-state index < -0.39 is 0 Å². The summed E-state index contributed by atoms with van der Waals surface area (Å²) in [7, 11) is 0. The lowest BCUT2D eigenvalue weighted by Gasteiger charge is -2.23. The molecular formula is C14H24N2O2. The van der Waals surface area contributed by atoms with E-state index in [9.17, 15) is 4.79 Å². The van der Waals surface area contributed by atoms with Crippen LogP contribution in [0.2, 0.25) is 0 Å². The molecule has 0 atom stereocenters. The van der Waals surface area contributed by atoms with Crippen LogP contribution in [0.4, 0.5) is 0 Å². The maximum Gasteiger partial charge on any atom is 0.289 e. The third-order valence-electron chi connectivity index (χ3n) is 2.73. The molecule has 0 spiro atoms. The highest BCUT2D eigenvalue weighted by atomic mass is 16.4. The minimum Gasteiger partial charge on any atom is -0.456 e. The number of nitrogens with zero attached hydrogens (tertiary/aromatic N) is 1. The maximum atomic E-state index is 12.3. The number of nitrogens with two attached hydrogens (primary N) is 1.